The Kier molecular flexibility index (Phi) is 5.39. The van der Waals surface area contributed by atoms with Crippen molar-refractivity contribution in [2.45, 2.75) is 46.6 Å². The Morgan fingerprint density at radius 2 is 2.12 bits per heavy atom. The van der Waals surface area contributed by atoms with E-state index in [1.54, 1.807) is 0 Å². The average Bonchev–Trinajstić information content (AvgIpc) is 2.23. The number of aryl methyl sites for hydroxylation is 1. The van der Waals surface area contributed by atoms with E-state index in [1.165, 1.54) is 0 Å². The number of aromatic nitrogens is 2. The van der Waals surface area contributed by atoms with Crippen LogP contribution in [0.25, 0.3) is 0 Å². The molecule has 1 heterocycles. The van der Waals surface area contributed by atoms with E-state index in [0.717, 1.165) is 30.9 Å². The lowest BCUT2D eigenvalue weighted by atomic mass is 10.0. The first-order chi connectivity index (χ1) is 7.63. The molecule has 0 aliphatic heterocycles. The minimum atomic E-state index is 0.363. The van der Waals surface area contributed by atoms with Gasteiger partial charge >= 0.3 is 0 Å². The second-order valence-corrected chi connectivity index (χ2v) is 4.66. The van der Waals surface area contributed by atoms with E-state index >= 15 is 0 Å². The van der Waals surface area contributed by atoms with Gasteiger partial charge in [0, 0.05) is 12.2 Å². The van der Waals surface area contributed by atoms with Crippen molar-refractivity contribution in [3.63, 3.8) is 0 Å². The Balaban J connectivity index is 2.74. The fourth-order valence-electron chi connectivity index (χ4n) is 1.77. The number of nitrogens with one attached hydrogen (secondary N) is 1. The number of nitrogens with zero attached hydrogens (tertiary/aromatic N) is 2. The van der Waals surface area contributed by atoms with Gasteiger partial charge < -0.3 is 5.32 Å². The van der Waals surface area contributed by atoms with E-state index in [2.05, 4.69) is 36.1 Å². The monoisotopic (exact) mass is 221 g/mol. The molecule has 1 unspecified atom stereocenters. The van der Waals surface area contributed by atoms with E-state index in [9.17, 15) is 0 Å². The first-order valence-electron chi connectivity index (χ1n) is 6.16. The van der Waals surface area contributed by atoms with Gasteiger partial charge in [-0.3, -0.25) is 0 Å². The lowest BCUT2D eigenvalue weighted by Crippen LogP contribution is -2.24. The topological polar surface area (TPSA) is 37.8 Å². The molecule has 3 nitrogen and oxygen atoms in total. The zero-order valence-electron chi connectivity index (χ0n) is 10.8. The maximum Gasteiger partial charge on any atom is 0.125 e. The molecule has 0 saturated heterocycles. The van der Waals surface area contributed by atoms with Crippen molar-refractivity contribution >= 4 is 0 Å². The predicted molar refractivity (Wildman–Crippen MR) is 67.3 cm³/mol. The zero-order valence-corrected chi connectivity index (χ0v) is 10.8. The van der Waals surface area contributed by atoms with E-state index in [0.29, 0.717) is 12.0 Å². The largest absolute Gasteiger partial charge is 0.309 e. The van der Waals surface area contributed by atoms with E-state index in [-0.39, 0.29) is 0 Å². The molecular formula is C13H23N3. The minimum Gasteiger partial charge on any atom is -0.309 e. The van der Waals surface area contributed by atoms with Crippen LogP contribution in [0.15, 0.2) is 12.3 Å². The first kappa shape index (κ1) is 13.1. The quantitative estimate of drug-likeness (QED) is 0.802. The van der Waals surface area contributed by atoms with Crippen molar-refractivity contribution in [3.8, 4) is 0 Å². The van der Waals surface area contributed by atoms with Gasteiger partial charge in [-0.2, -0.15) is 0 Å². The number of rotatable bonds is 6. The molecule has 1 rings (SSSR count). The predicted octanol–water partition coefficient (Wildman–Crippen LogP) is 2.87. The third-order valence-corrected chi connectivity index (χ3v) is 2.50. The smallest absolute Gasteiger partial charge is 0.125 e. The molecular weight excluding hydrogens is 198 g/mol. The van der Waals surface area contributed by atoms with Gasteiger partial charge in [-0.25, -0.2) is 9.97 Å². The van der Waals surface area contributed by atoms with Gasteiger partial charge in [-0.15, -0.1) is 0 Å². The molecule has 1 aromatic rings. The minimum absolute atomic E-state index is 0.363. The Morgan fingerprint density at radius 3 is 2.69 bits per heavy atom. The average molecular weight is 221 g/mol. The normalized spacial score (nSPS) is 13.1. The van der Waals surface area contributed by atoms with Crippen LogP contribution < -0.4 is 5.32 Å². The molecule has 0 spiro atoms. The van der Waals surface area contributed by atoms with Crippen molar-refractivity contribution < 1.29 is 0 Å². The molecule has 0 aromatic carbocycles. The Hall–Kier alpha value is -0.960. The standard InChI is InChI=1S/C13H23N3/c1-5-7-15-13(9-10(2)3)12-6-8-14-11(4)16-12/h6,8,10,13,15H,5,7,9H2,1-4H3. The highest BCUT2D eigenvalue weighted by molar-refractivity contribution is 5.07. The van der Waals surface area contributed by atoms with Gasteiger partial charge in [0.2, 0.25) is 0 Å². The van der Waals surface area contributed by atoms with Crippen molar-refractivity contribution in [1.29, 1.82) is 0 Å². The zero-order chi connectivity index (χ0) is 12.0. The Morgan fingerprint density at radius 1 is 1.38 bits per heavy atom. The van der Waals surface area contributed by atoms with Gasteiger partial charge in [0.05, 0.1) is 5.69 Å². The van der Waals surface area contributed by atoms with Crippen molar-refractivity contribution in [2.75, 3.05) is 6.54 Å². The van der Waals surface area contributed by atoms with Crippen LogP contribution in [0.4, 0.5) is 0 Å². The molecule has 1 aromatic heterocycles. The van der Waals surface area contributed by atoms with Crippen LogP contribution >= 0.6 is 0 Å². The lowest BCUT2D eigenvalue weighted by Gasteiger charge is -2.20. The maximum absolute atomic E-state index is 4.51. The third kappa shape index (κ3) is 4.27. The molecule has 16 heavy (non-hydrogen) atoms. The van der Waals surface area contributed by atoms with Gasteiger partial charge in [-0.05, 0) is 38.3 Å². The summed E-state index contributed by atoms with van der Waals surface area (Å²) < 4.78 is 0. The van der Waals surface area contributed by atoms with Crippen molar-refractivity contribution in [1.82, 2.24) is 15.3 Å². The summed E-state index contributed by atoms with van der Waals surface area (Å²) in [6.45, 7) is 9.66. The van der Waals surface area contributed by atoms with Gasteiger partial charge in [-0.1, -0.05) is 20.8 Å². The number of hydrogen-bond acceptors (Lipinski definition) is 3. The molecule has 0 bridgehead atoms. The van der Waals surface area contributed by atoms with Crippen LogP contribution in [0.2, 0.25) is 0 Å². The molecule has 0 saturated carbocycles. The summed E-state index contributed by atoms with van der Waals surface area (Å²) in [4.78, 5) is 8.65. The van der Waals surface area contributed by atoms with Crippen LogP contribution in [0.5, 0.6) is 0 Å². The highest BCUT2D eigenvalue weighted by Crippen LogP contribution is 2.19. The Labute approximate surface area is 98.7 Å². The molecule has 0 aliphatic carbocycles. The summed E-state index contributed by atoms with van der Waals surface area (Å²) in [7, 11) is 0. The summed E-state index contributed by atoms with van der Waals surface area (Å²) in [5.74, 6) is 1.52. The second kappa shape index (κ2) is 6.59. The summed E-state index contributed by atoms with van der Waals surface area (Å²) >= 11 is 0. The first-order valence-corrected chi connectivity index (χ1v) is 6.16. The van der Waals surface area contributed by atoms with Gasteiger partial charge in [0.1, 0.15) is 5.82 Å². The van der Waals surface area contributed by atoms with E-state index in [1.807, 2.05) is 19.2 Å². The SMILES string of the molecule is CCCNC(CC(C)C)c1ccnc(C)n1. The van der Waals surface area contributed by atoms with Gasteiger partial charge in [0.15, 0.2) is 0 Å². The van der Waals surface area contributed by atoms with Crippen LogP contribution in [0.1, 0.15) is 51.2 Å². The van der Waals surface area contributed by atoms with Crippen LogP contribution in [0.3, 0.4) is 0 Å². The van der Waals surface area contributed by atoms with E-state index < -0.39 is 0 Å². The van der Waals surface area contributed by atoms with E-state index in [4.69, 9.17) is 0 Å². The van der Waals surface area contributed by atoms with Crippen LogP contribution in [0, 0.1) is 12.8 Å². The van der Waals surface area contributed by atoms with Gasteiger partial charge in [0.25, 0.3) is 0 Å². The molecule has 0 fully saturated rings. The molecule has 0 amide bonds. The summed E-state index contributed by atoms with van der Waals surface area (Å²) in [6.07, 6.45) is 4.12. The Bertz CT molecular complexity index is 310. The van der Waals surface area contributed by atoms with Crippen molar-refractivity contribution in [2.24, 2.45) is 5.92 Å². The van der Waals surface area contributed by atoms with Crippen LogP contribution in [-0.4, -0.2) is 16.5 Å². The molecule has 3 heteroatoms. The molecule has 90 valence electrons. The highest BCUT2D eigenvalue weighted by Gasteiger charge is 2.13. The third-order valence-electron chi connectivity index (χ3n) is 2.50. The fraction of sp³-hybridized carbons (Fsp3) is 0.692. The molecule has 1 atom stereocenters. The molecule has 0 radical (unpaired) electrons. The highest BCUT2D eigenvalue weighted by atomic mass is 15.0. The summed E-state index contributed by atoms with van der Waals surface area (Å²) in [5.41, 5.74) is 1.12. The maximum atomic E-state index is 4.51. The van der Waals surface area contributed by atoms with Crippen molar-refractivity contribution in [3.05, 3.63) is 23.8 Å². The summed E-state index contributed by atoms with van der Waals surface area (Å²) in [6, 6.07) is 2.38. The molecule has 0 aliphatic rings. The van der Waals surface area contributed by atoms with Crippen LogP contribution in [-0.2, 0) is 0 Å². The summed E-state index contributed by atoms with van der Waals surface area (Å²) in [5, 5.41) is 3.55. The number of hydrogen-bond donors (Lipinski definition) is 1. The lowest BCUT2D eigenvalue weighted by molar-refractivity contribution is 0.422. The molecule has 1 N–H and O–H groups in total. The fourth-order valence-corrected chi connectivity index (χ4v) is 1.77. The second-order valence-electron chi connectivity index (χ2n) is 4.66.